The molecule has 0 bridgehead atoms. The third kappa shape index (κ3) is 1.27. The van der Waals surface area contributed by atoms with Gasteiger partial charge in [0.25, 0.3) is 0 Å². The number of benzene rings is 1. The number of nitriles is 1. The van der Waals surface area contributed by atoms with Gasteiger partial charge in [0.2, 0.25) is 5.43 Å². The van der Waals surface area contributed by atoms with Crippen molar-refractivity contribution >= 4 is 10.9 Å². The standard InChI is InChI=1S/C10H4F2N2O/c11-7-2-1-6-9(8(7)12)14-4-5(3-13)10(6)15/h1-2,4H,(H,14,15). The van der Waals surface area contributed by atoms with Crippen molar-refractivity contribution in [3.63, 3.8) is 0 Å². The zero-order valence-electron chi connectivity index (χ0n) is 7.34. The van der Waals surface area contributed by atoms with Crippen molar-refractivity contribution < 1.29 is 8.78 Å². The second-order valence-corrected chi connectivity index (χ2v) is 2.93. The molecule has 0 aliphatic rings. The van der Waals surface area contributed by atoms with Crippen molar-refractivity contribution in [2.75, 3.05) is 0 Å². The van der Waals surface area contributed by atoms with E-state index in [9.17, 15) is 13.6 Å². The van der Waals surface area contributed by atoms with E-state index in [1.165, 1.54) is 0 Å². The minimum absolute atomic E-state index is 0.0343. The molecular formula is C10H4F2N2O. The molecule has 15 heavy (non-hydrogen) atoms. The molecule has 0 aliphatic carbocycles. The molecule has 0 unspecified atom stereocenters. The highest BCUT2D eigenvalue weighted by Gasteiger charge is 2.11. The number of nitrogens with one attached hydrogen (secondary N) is 1. The van der Waals surface area contributed by atoms with Crippen molar-refractivity contribution in [3.05, 3.63) is 45.8 Å². The second-order valence-electron chi connectivity index (χ2n) is 2.93. The summed E-state index contributed by atoms with van der Waals surface area (Å²) in [7, 11) is 0. The average Bonchev–Trinajstić information content (AvgIpc) is 2.24. The topological polar surface area (TPSA) is 56.6 Å². The van der Waals surface area contributed by atoms with Crippen molar-refractivity contribution in [3.8, 4) is 6.07 Å². The van der Waals surface area contributed by atoms with Gasteiger partial charge in [0.05, 0.1) is 10.9 Å². The summed E-state index contributed by atoms with van der Waals surface area (Å²) in [5.74, 6) is -2.16. The smallest absolute Gasteiger partial charge is 0.207 e. The Morgan fingerprint density at radius 1 is 1.33 bits per heavy atom. The fourth-order valence-corrected chi connectivity index (χ4v) is 1.32. The van der Waals surface area contributed by atoms with Crippen LogP contribution in [0.5, 0.6) is 0 Å². The summed E-state index contributed by atoms with van der Waals surface area (Å²) in [6.07, 6.45) is 1.06. The van der Waals surface area contributed by atoms with Gasteiger partial charge in [0.15, 0.2) is 11.6 Å². The molecule has 0 saturated carbocycles. The van der Waals surface area contributed by atoms with Crippen molar-refractivity contribution in [1.29, 1.82) is 5.26 Å². The highest BCUT2D eigenvalue weighted by molar-refractivity contribution is 5.80. The van der Waals surface area contributed by atoms with Gasteiger partial charge in [-0.05, 0) is 12.1 Å². The van der Waals surface area contributed by atoms with Gasteiger partial charge in [-0.2, -0.15) is 5.26 Å². The number of aromatic amines is 1. The van der Waals surface area contributed by atoms with Crippen LogP contribution in [0.2, 0.25) is 0 Å². The molecule has 3 nitrogen and oxygen atoms in total. The highest BCUT2D eigenvalue weighted by Crippen LogP contribution is 2.15. The number of rotatable bonds is 0. The van der Waals surface area contributed by atoms with E-state index >= 15 is 0 Å². The summed E-state index contributed by atoms with van der Waals surface area (Å²) in [5, 5.41) is 8.53. The number of hydrogen-bond acceptors (Lipinski definition) is 2. The van der Waals surface area contributed by atoms with E-state index in [4.69, 9.17) is 5.26 Å². The Hall–Kier alpha value is -2.22. The quantitative estimate of drug-likeness (QED) is 0.712. The first-order chi connectivity index (χ1) is 7.15. The number of pyridine rings is 1. The van der Waals surface area contributed by atoms with Crippen LogP contribution in [-0.4, -0.2) is 4.98 Å². The fourth-order valence-electron chi connectivity index (χ4n) is 1.32. The maximum Gasteiger partial charge on any atom is 0.207 e. The van der Waals surface area contributed by atoms with Gasteiger partial charge in [-0.25, -0.2) is 8.78 Å². The first-order valence-corrected chi connectivity index (χ1v) is 4.04. The Kier molecular flexibility index (Phi) is 1.97. The zero-order valence-corrected chi connectivity index (χ0v) is 7.34. The summed E-state index contributed by atoms with van der Waals surface area (Å²) < 4.78 is 26.0. The lowest BCUT2D eigenvalue weighted by molar-refractivity contribution is 0.515. The van der Waals surface area contributed by atoms with E-state index in [2.05, 4.69) is 4.98 Å². The summed E-state index contributed by atoms with van der Waals surface area (Å²) in [6, 6.07) is 3.66. The molecule has 1 heterocycles. The van der Waals surface area contributed by atoms with Crippen LogP contribution < -0.4 is 5.43 Å². The molecule has 74 valence electrons. The highest BCUT2D eigenvalue weighted by atomic mass is 19.2. The third-order valence-electron chi connectivity index (χ3n) is 2.07. The van der Waals surface area contributed by atoms with Crippen molar-refractivity contribution in [2.45, 2.75) is 0 Å². The number of H-pyrrole nitrogens is 1. The predicted octanol–water partition coefficient (Wildman–Crippen LogP) is 1.68. The maximum absolute atomic E-state index is 13.2. The van der Waals surface area contributed by atoms with Crippen LogP contribution in [0, 0.1) is 23.0 Å². The first kappa shape index (κ1) is 9.34. The summed E-state index contributed by atoms with van der Waals surface area (Å²) in [6.45, 7) is 0. The van der Waals surface area contributed by atoms with Crippen LogP contribution in [0.3, 0.4) is 0 Å². The van der Waals surface area contributed by atoms with Gasteiger partial charge in [-0.3, -0.25) is 4.79 Å². The first-order valence-electron chi connectivity index (χ1n) is 4.04. The van der Waals surface area contributed by atoms with Gasteiger partial charge in [0.1, 0.15) is 11.6 Å². The van der Waals surface area contributed by atoms with Crippen LogP contribution >= 0.6 is 0 Å². The third-order valence-corrected chi connectivity index (χ3v) is 2.07. The van der Waals surface area contributed by atoms with Crippen LogP contribution in [-0.2, 0) is 0 Å². The maximum atomic E-state index is 13.2. The van der Waals surface area contributed by atoms with E-state index in [1.807, 2.05) is 0 Å². The molecule has 1 aromatic carbocycles. The molecule has 2 rings (SSSR count). The van der Waals surface area contributed by atoms with Crippen LogP contribution in [0.4, 0.5) is 8.78 Å². The number of nitrogens with zero attached hydrogens (tertiary/aromatic N) is 1. The summed E-state index contributed by atoms with van der Waals surface area (Å²) in [4.78, 5) is 13.9. The monoisotopic (exact) mass is 206 g/mol. The number of halogens is 2. The Bertz CT molecular complexity index is 640. The average molecular weight is 206 g/mol. The van der Waals surface area contributed by atoms with Crippen LogP contribution in [0.15, 0.2) is 23.1 Å². The normalized spacial score (nSPS) is 10.2. The molecule has 0 atom stereocenters. The van der Waals surface area contributed by atoms with Crippen molar-refractivity contribution in [1.82, 2.24) is 4.98 Å². The molecule has 0 spiro atoms. The van der Waals surface area contributed by atoms with Gasteiger partial charge in [-0.15, -0.1) is 0 Å². The lowest BCUT2D eigenvalue weighted by Gasteiger charge is -2.00. The molecule has 0 radical (unpaired) electrons. The van der Waals surface area contributed by atoms with Gasteiger partial charge < -0.3 is 4.98 Å². The summed E-state index contributed by atoms with van der Waals surface area (Å²) >= 11 is 0. The molecule has 1 N–H and O–H groups in total. The van der Waals surface area contributed by atoms with E-state index in [0.29, 0.717) is 0 Å². The number of hydrogen-bond donors (Lipinski definition) is 1. The zero-order chi connectivity index (χ0) is 11.0. The SMILES string of the molecule is N#Cc1c[nH]c2c(F)c(F)ccc2c1=O. The van der Waals surface area contributed by atoms with E-state index < -0.39 is 17.1 Å². The Balaban J connectivity index is 3.00. The van der Waals surface area contributed by atoms with E-state index in [1.54, 1.807) is 6.07 Å². The Labute approximate surface area is 82.6 Å². The van der Waals surface area contributed by atoms with E-state index in [0.717, 1.165) is 18.3 Å². The fraction of sp³-hybridized carbons (Fsp3) is 0. The number of aromatic nitrogens is 1. The summed E-state index contributed by atoms with van der Waals surface area (Å²) in [5.41, 5.74) is -0.961. The molecular weight excluding hydrogens is 202 g/mol. The minimum atomic E-state index is -1.12. The lowest BCUT2D eigenvalue weighted by Crippen LogP contribution is -2.08. The largest absolute Gasteiger partial charge is 0.357 e. The second kappa shape index (κ2) is 3.17. The molecule has 0 aliphatic heterocycles. The molecule has 5 heteroatoms. The molecule has 2 aromatic rings. The molecule has 0 amide bonds. The minimum Gasteiger partial charge on any atom is -0.357 e. The number of fused-ring (bicyclic) bond motifs is 1. The van der Waals surface area contributed by atoms with Gasteiger partial charge in [-0.1, -0.05) is 0 Å². The van der Waals surface area contributed by atoms with E-state index in [-0.39, 0.29) is 16.5 Å². The molecule has 0 fully saturated rings. The van der Waals surface area contributed by atoms with Crippen LogP contribution in [0.25, 0.3) is 10.9 Å². The predicted molar refractivity (Wildman–Crippen MR) is 49.2 cm³/mol. The Morgan fingerprint density at radius 2 is 2.07 bits per heavy atom. The lowest BCUT2D eigenvalue weighted by atomic mass is 10.1. The molecule has 1 aromatic heterocycles. The Morgan fingerprint density at radius 3 is 2.73 bits per heavy atom. The van der Waals surface area contributed by atoms with Crippen LogP contribution in [0.1, 0.15) is 5.56 Å². The van der Waals surface area contributed by atoms with Gasteiger partial charge >= 0.3 is 0 Å². The van der Waals surface area contributed by atoms with Crippen molar-refractivity contribution in [2.24, 2.45) is 0 Å². The molecule has 0 saturated heterocycles. The van der Waals surface area contributed by atoms with Gasteiger partial charge in [0, 0.05) is 6.20 Å².